The van der Waals surface area contributed by atoms with E-state index in [0.717, 1.165) is 36.9 Å². The molecule has 0 spiro atoms. The molecule has 1 amide bonds. The Bertz CT molecular complexity index is 569. The Morgan fingerprint density at radius 2 is 1.86 bits per heavy atom. The Morgan fingerprint density at radius 1 is 1.19 bits per heavy atom. The number of nitrogens with one attached hydrogen (secondary N) is 1. The third-order valence-corrected chi connectivity index (χ3v) is 5.16. The van der Waals surface area contributed by atoms with E-state index in [4.69, 9.17) is 0 Å². The average molecular weight is 287 g/mol. The molecule has 2 aliphatic carbocycles. The number of carbonyl (C=O) groups excluding carboxylic acids is 1. The SMILES string of the molecule is CCc1ccccc1NC(=O)C1C2CCC(C2)C1C(=O)O. The van der Waals surface area contributed by atoms with E-state index in [9.17, 15) is 14.7 Å². The van der Waals surface area contributed by atoms with Crippen LogP contribution in [0.1, 0.15) is 31.7 Å². The first-order chi connectivity index (χ1) is 10.1. The summed E-state index contributed by atoms with van der Waals surface area (Å²) in [6.45, 7) is 2.04. The summed E-state index contributed by atoms with van der Waals surface area (Å²) in [4.78, 5) is 24.1. The summed E-state index contributed by atoms with van der Waals surface area (Å²) in [5.41, 5.74) is 1.90. The monoisotopic (exact) mass is 287 g/mol. The van der Waals surface area contributed by atoms with Crippen LogP contribution in [0.15, 0.2) is 24.3 Å². The second kappa shape index (κ2) is 5.51. The molecule has 21 heavy (non-hydrogen) atoms. The minimum atomic E-state index is -0.814. The number of para-hydroxylation sites is 1. The molecule has 0 saturated heterocycles. The molecule has 2 fully saturated rings. The summed E-state index contributed by atoms with van der Waals surface area (Å²) in [5.74, 6) is -1.38. The third kappa shape index (κ3) is 2.43. The Labute approximate surface area is 124 Å². The molecule has 4 nitrogen and oxygen atoms in total. The number of carboxylic acid groups (broad SMARTS) is 1. The van der Waals surface area contributed by atoms with Crippen molar-refractivity contribution in [2.45, 2.75) is 32.6 Å². The van der Waals surface area contributed by atoms with E-state index in [1.54, 1.807) is 0 Å². The fraction of sp³-hybridized carbons (Fsp3) is 0.529. The predicted molar refractivity (Wildman–Crippen MR) is 79.9 cm³/mol. The van der Waals surface area contributed by atoms with Crippen LogP contribution < -0.4 is 5.32 Å². The highest BCUT2D eigenvalue weighted by molar-refractivity contribution is 5.96. The summed E-state index contributed by atoms with van der Waals surface area (Å²) in [5, 5.41) is 12.4. The second-order valence-corrected chi connectivity index (χ2v) is 6.22. The molecule has 0 heterocycles. The van der Waals surface area contributed by atoms with E-state index in [0.29, 0.717) is 0 Å². The number of fused-ring (bicyclic) bond motifs is 2. The van der Waals surface area contributed by atoms with Gasteiger partial charge in [-0.3, -0.25) is 9.59 Å². The Hall–Kier alpha value is -1.84. The predicted octanol–water partition coefficient (Wildman–Crippen LogP) is 2.93. The zero-order valence-electron chi connectivity index (χ0n) is 12.2. The molecule has 2 bridgehead atoms. The van der Waals surface area contributed by atoms with Gasteiger partial charge in [0.25, 0.3) is 0 Å². The normalized spacial score (nSPS) is 30.3. The lowest BCUT2D eigenvalue weighted by molar-refractivity contribution is -0.148. The van der Waals surface area contributed by atoms with Crippen LogP contribution in [0.25, 0.3) is 0 Å². The van der Waals surface area contributed by atoms with Gasteiger partial charge in [0.2, 0.25) is 5.91 Å². The van der Waals surface area contributed by atoms with Gasteiger partial charge in [-0.25, -0.2) is 0 Å². The van der Waals surface area contributed by atoms with Crippen LogP contribution in [0.3, 0.4) is 0 Å². The summed E-state index contributed by atoms with van der Waals surface area (Å²) in [6, 6.07) is 7.72. The van der Waals surface area contributed by atoms with Gasteiger partial charge in [0.05, 0.1) is 11.8 Å². The molecule has 112 valence electrons. The average Bonchev–Trinajstić information content (AvgIpc) is 3.08. The molecule has 2 aliphatic rings. The lowest BCUT2D eigenvalue weighted by Gasteiger charge is -2.27. The highest BCUT2D eigenvalue weighted by Crippen LogP contribution is 2.52. The first kappa shape index (κ1) is 14.1. The first-order valence-corrected chi connectivity index (χ1v) is 7.73. The van der Waals surface area contributed by atoms with Crippen molar-refractivity contribution in [2.24, 2.45) is 23.7 Å². The van der Waals surface area contributed by atoms with Crippen molar-refractivity contribution in [3.05, 3.63) is 29.8 Å². The number of carboxylic acids is 1. The number of amides is 1. The third-order valence-electron chi connectivity index (χ3n) is 5.16. The molecule has 4 atom stereocenters. The molecular weight excluding hydrogens is 266 g/mol. The van der Waals surface area contributed by atoms with Crippen LogP contribution >= 0.6 is 0 Å². The van der Waals surface area contributed by atoms with Gasteiger partial charge in [0.15, 0.2) is 0 Å². The largest absolute Gasteiger partial charge is 0.481 e. The topological polar surface area (TPSA) is 66.4 Å². The Balaban J connectivity index is 1.80. The van der Waals surface area contributed by atoms with Gasteiger partial charge in [0.1, 0.15) is 0 Å². The van der Waals surface area contributed by atoms with Gasteiger partial charge in [-0.05, 0) is 49.1 Å². The van der Waals surface area contributed by atoms with Crippen molar-refractivity contribution >= 4 is 17.6 Å². The number of rotatable bonds is 4. The van der Waals surface area contributed by atoms with Crippen LogP contribution in [0.2, 0.25) is 0 Å². The van der Waals surface area contributed by atoms with Crippen molar-refractivity contribution in [3.8, 4) is 0 Å². The molecule has 2 saturated carbocycles. The van der Waals surface area contributed by atoms with Crippen molar-refractivity contribution in [1.82, 2.24) is 0 Å². The maximum atomic E-state index is 12.6. The number of hydrogen-bond acceptors (Lipinski definition) is 2. The van der Waals surface area contributed by atoms with E-state index >= 15 is 0 Å². The Morgan fingerprint density at radius 3 is 2.52 bits per heavy atom. The number of anilines is 1. The number of carbonyl (C=O) groups is 2. The molecule has 1 aromatic rings. The minimum Gasteiger partial charge on any atom is -0.481 e. The molecule has 2 N–H and O–H groups in total. The number of aryl methyl sites for hydroxylation is 1. The summed E-state index contributed by atoms with van der Waals surface area (Å²) >= 11 is 0. The van der Waals surface area contributed by atoms with Gasteiger partial charge in [-0.1, -0.05) is 25.1 Å². The summed E-state index contributed by atoms with van der Waals surface area (Å²) in [7, 11) is 0. The van der Waals surface area contributed by atoms with Crippen LogP contribution in [-0.2, 0) is 16.0 Å². The standard InChI is InChI=1S/C17H21NO3/c1-2-10-5-3-4-6-13(10)18-16(19)14-11-7-8-12(9-11)15(14)17(20)21/h3-6,11-12,14-15H,2,7-9H2,1H3,(H,18,19)(H,20,21). The van der Waals surface area contributed by atoms with Gasteiger partial charge < -0.3 is 10.4 Å². The number of hydrogen-bond donors (Lipinski definition) is 2. The zero-order valence-corrected chi connectivity index (χ0v) is 12.2. The molecular formula is C17H21NO3. The molecule has 1 aromatic carbocycles. The van der Waals surface area contributed by atoms with Crippen LogP contribution in [0.4, 0.5) is 5.69 Å². The molecule has 4 unspecified atom stereocenters. The fourth-order valence-corrected chi connectivity index (χ4v) is 4.19. The molecule has 0 aliphatic heterocycles. The quantitative estimate of drug-likeness (QED) is 0.894. The van der Waals surface area contributed by atoms with Crippen molar-refractivity contribution in [1.29, 1.82) is 0 Å². The van der Waals surface area contributed by atoms with E-state index in [-0.39, 0.29) is 23.7 Å². The highest BCUT2D eigenvalue weighted by atomic mass is 16.4. The zero-order chi connectivity index (χ0) is 15.0. The van der Waals surface area contributed by atoms with Crippen LogP contribution in [0, 0.1) is 23.7 Å². The van der Waals surface area contributed by atoms with Gasteiger partial charge >= 0.3 is 5.97 Å². The summed E-state index contributed by atoms with van der Waals surface area (Å²) < 4.78 is 0. The van der Waals surface area contributed by atoms with Crippen molar-refractivity contribution in [2.75, 3.05) is 5.32 Å². The first-order valence-electron chi connectivity index (χ1n) is 7.73. The fourth-order valence-electron chi connectivity index (χ4n) is 4.19. The van der Waals surface area contributed by atoms with Crippen molar-refractivity contribution < 1.29 is 14.7 Å². The lowest BCUT2D eigenvalue weighted by atomic mass is 9.78. The molecule has 3 rings (SSSR count). The van der Waals surface area contributed by atoms with Crippen LogP contribution in [-0.4, -0.2) is 17.0 Å². The van der Waals surface area contributed by atoms with Crippen molar-refractivity contribution in [3.63, 3.8) is 0 Å². The minimum absolute atomic E-state index is 0.115. The number of benzene rings is 1. The maximum absolute atomic E-state index is 12.6. The summed E-state index contributed by atoms with van der Waals surface area (Å²) in [6.07, 6.45) is 3.68. The van der Waals surface area contributed by atoms with Gasteiger partial charge in [-0.15, -0.1) is 0 Å². The van der Waals surface area contributed by atoms with Gasteiger partial charge in [-0.2, -0.15) is 0 Å². The Kier molecular flexibility index (Phi) is 3.70. The van der Waals surface area contributed by atoms with E-state index < -0.39 is 11.9 Å². The van der Waals surface area contributed by atoms with E-state index in [2.05, 4.69) is 5.32 Å². The molecule has 0 radical (unpaired) electrons. The van der Waals surface area contributed by atoms with E-state index in [1.165, 1.54) is 0 Å². The van der Waals surface area contributed by atoms with Crippen LogP contribution in [0.5, 0.6) is 0 Å². The maximum Gasteiger partial charge on any atom is 0.307 e. The highest BCUT2D eigenvalue weighted by Gasteiger charge is 2.53. The van der Waals surface area contributed by atoms with E-state index in [1.807, 2.05) is 31.2 Å². The lowest BCUT2D eigenvalue weighted by Crippen LogP contribution is -2.38. The van der Waals surface area contributed by atoms with Gasteiger partial charge in [0, 0.05) is 5.69 Å². The molecule has 4 heteroatoms. The second-order valence-electron chi connectivity index (χ2n) is 6.22. The number of aliphatic carboxylic acids is 1. The molecule has 0 aromatic heterocycles. The smallest absolute Gasteiger partial charge is 0.307 e.